The van der Waals surface area contributed by atoms with Gasteiger partial charge in [0, 0.05) is 5.02 Å². The average Bonchev–Trinajstić information content (AvgIpc) is 2.36. The summed E-state index contributed by atoms with van der Waals surface area (Å²) in [5, 5.41) is 2.75. The molecule has 0 aliphatic rings. The van der Waals surface area contributed by atoms with Crippen molar-refractivity contribution in [2.24, 2.45) is 0 Å². The summed E-state index contributed by atoms with van der Waals surface area (Å²) in [6.07, 6.45) is 0. The molecular weight excluding hydrogens is 292 g/mol. The molecule has 4 nitrogen and oxygen atoms in total. The van der Waals surface area contributed by atoms with Gasteiger partial charge in [-0.05, 0) is 30.3 Å². The molecule has 1 amide bonds. The summed E-state index contributed by atoms with van der Waals surface area (Å²) in [7, 11) is 0. The number of hydrogen-bond donors (Lipinski definition) is 2. The van der Waals surface area contributed by atoms with Crippen LogP contribution in [0.15, 0.2) is 30.3 Å². The van der Waals surface area contributed by atoms with Gasteiger partial charge < -0.3 is 11.1 Å². The highest BCUT2D eigenvalue weighted by Gasteiger charge is 2.15. The Labute approximate surface area is 118 Å². The minimum Gasteiger partial charge on any atom is -0.384 e. The lowest BCUT2D eigenvalue weighted by Gasteiger charge is -2.08. The first-order valence-corrected chi connectivity index (χ1v) is 5.91. The Kier molecular flexibility index (Phi) is 3.87. The summed E-state index contributed by atoms with van der Waals surface area (Å²) >= 11 is 11.6. The quantitative estimate of drug-likeness (QED) is 0.893. The molecule has 7 heteroatoms. The second kappa shape index (κ2) is 5.42. The van der Waals surface area contributed by atoms with Crippen LogP contribution in [0.4, 0.5) is 15.9 Å². The van der Waals surface area contributed by atoms with E-state index in [-0.39, 0.29) is 22.2 Å². The van der Waals surface area contributed by atoms with Crippen LogP contribution in [0.3, 0.4) is 0 Å². The van der Waals surface area contributed by atoms with E-state index < -0.39 is 11.7 Å². The number of benzene rings is 1. The third-order valence-electron chi connectivity index (χ3n) is 2.26. The van der Waals surface area contributed by atoms with E-state index >= 15 is 0 Å². The van der Waals surface area contributed by atoms with Gasteiger partial charge in [0.05, 0.1) is 10.7 Å². The minimum absolute atomic E-state index is 0.0576. The molecule has 3 N–H and O–H groups in total. The number of anilines is 2. The molecule has 1 aromatic heterocycles. The Morgan fingerprint density at radius 2 is 2.00 bits per heavy atom. The predicted octanol–water partition coefficient (Wildman–Crippen LogP) is 3.36. The van der Waals surface area contributed by atoms with Gasteiger partial charge in [0.25, 0.3) is 5.91 Å². The zero-order valence-electron chi connectivity index (χ0n) is 9.45. The van der Waals surface area contributed by atoms with E-state index in [0.29, 0.717) is 5.02 Å². The largest absolute Gasteiger partial charge is 0.384 e. The van der Waals surface area contributed by atoms with Gasteiger partial charge >= 0.3 is 0 Å². The normalized spacial score (nSPS) is 10.3. The van der Waals surface area contributed by atoms with Gasteiger partial charge in [-0.1, -0.05) is 23.2 Å². The standard InChI is InChI=1S/C12H8Cl2FN3O/c13-6-1-3-8(15)9(5-6)17-12(19)11-7(14)2-4-10(16)18-11/h1-5H,(H2,16,18)(H,17,19). The van der Waals surface area contributed by atoms with Crippen molar-refractivity contribution in [3.8, 4) is 0 Å². The number of nitrogens with zero attached hydrogens (tertiary/aromatic N) is 1. The Hall–Kier alpha value is -1.85. The van der Waals surface area contributed by atoms with E-state index in [1.54, 1.807) is 0 Å². The molecule has 0 fully saturated rings. The molecular formula is C12H8Cl2FN3O. The number of nitrogen functional groups attached to an aromatic ring is 1. The second-order valence-electron chi connectivity index (χ2n) is 3.64. The maximum absolute atomic E-state index is 13.5. The summed E-state index contributed by atoms with van der Waals surface area (Å²) in [6, 6.07) is 6.70. The molecule has 0 saturated heterocycles. The molecule has 0 aliphatic carbocycles. The smallest absolute Gasteiger partial charge is 0.275 e. The van der Waals surface area contributed by atoms with Gasteiger partial charge in [-0.2, -0.15) is 0 Å². The summed E-state index contributed by atoms with van der Waals surface area (Å²) < 4.78 is 13.5. The van der Waals surface area contributed by atoms with Crippen LogP contribution in [-0.4, -0.2) is 10.9 Å². The molecule has 2 aromatic rings. The first-order valence-electron chi connectivity index (χ1n) is 5.16. The fourth-order valence-electron chi connectivity index (χ4n) is 1.39. The highest BCUT2D eigenvalue weighted by Crippen LogP contribution is 2.22. The van der Waals surface area contributed by atoms with Gasteiger partial charge in [-0.15, -0.1) is 0 Å². The van der Waals surface area contributed by atoms with Gasteiger partial charge in [0.1, 0.15) is 17.3 Å². The molecule has 0 spiro atoms. The Morgan fingerprint density at radius 1 is 1.26 bits per heavy atom. The van der Waals surface area contributed by atoms with E-state index in [0.717, 1.165) is 6.07 Å². The summed E-state index contributed by atoms with van der Waals surface area (Å²) in [4.78, 5) is 15.7. The lowest BCUT2D eigenvalue weighted by Crippen LogP contribution is -2.16. The summed E-state index contributed by atoms with van der Waals surface area (Å²) in [5.74, 6) is -1.14. The van der Waals surface area contributed by atoms with E-state index in [1.807, 2.05) is 0 Å². The average molecular weight is 300 g/mol. The van der Waals surface area contributed by atoms with Crippen molar-refractivity contribution in [2.75, 3.05) is 11.1 Å². The zero-order valence-corrected chi connectivity index (χ0v) is 11.0. The maximum Gasteiger partial charge on any atom is 0.275 e. The van der Waals surface area contributed by atoms with Gasteiger partial charge in [0.15, 0.2) is 0 Å². The van der Waals surface area contributed by atoms with E-state index in [1.165, 1.54) is 24.3 Å². The van der Waals surface area contributed by atoms with E-state index in [9.17, 15) is 9.18 Å². The Balaban J connectivity index is 2.30. The Morgan fingerprint density at radius 3 is 2.74 bits per heavy atom. The van der Waals surface area contributed by atoms with Crippen LogP contribution in [0.5, 0.6) is 0 Å². The number of hydrogen-bond acceptors (Lipinski definition) is 3. The van der Waals surface area contributed by atoms with Crippen LogP contribution in [-0.2, 0) is 0 Å². The van der Waals surface area contributed by atoms with Gasteiger partial charge in [-0.3, -0.25) is 4.79 Å². The number of aromatic nitrogens is 1. The molecule has 1 heterocycles. The maximum atomic E-state index is 13.5. The van der Waals surface area contributed by atoms with E-state index in [4.69, 9.17) is 28.9 Å². The molecule has 0 aliphatic heterocycles. The minimum atomic E-state index is -0.668. The first-order chi connectivity index (χ1) is 8.97. The molecule has 2 rings (SSSR count). The number of nitrogens with one attached hydrogen (secondary N) is 1. The van der Waals surface area contributed by atoms with Gasteiger partial charge in [0.2, 0.25) is 0 Å². The summed E-state index contributed by atoms with van der Waals surface area (Å²) in [5.41, 5.74) is 5.33. The van der Waals surface area contributed by atoms with Crippen molar-refractivity contribution in [1.82, 2.24) is 4.98 Å². The monoisotopic (exact) mass is 299 g/mol. The van der Waals surface area contributed by atoms with Crippen LogP contribution in [0.25, 0.3) is 0 Å². The van der Waals surface area contributed by atoms with Crippen molar-refractivity contribution in [2.45, 2.75) is 0 Å². The topological polar surface area (TPSA) is 68.0 Å². The number of rotatable bonds is 2. The molecule has 19 heavy (non-hydrogen) atoms. The zero-order chi connectivity index (χ0) is 14.0. The van der Waals surface area contributed by atoms with Crippen molar-refractivity contribution >= 4 is 40.6 Å². The number of amides is 1. The summed E-state index contributed by atoms with van der Waals surface area (Å²) in [6.45, 7) is 0. The van der Waals surface area contributed by atoms with Crippen molar-refractivity contribution < 1.29 is 9.18 Å². The van der Waals surface area contributed by atoms with Gasteiger partial charge in [-0.25, -0.2) is 9.37 Å². The molecule has 98 valence electrons. The van der Waals surface area contributed by atoms with Crippen LogP contribution in [0.2, 0.25) is 10.0 Å². The molecule has 0 bridgehead atoms. The molecule has 0 unspecified atom stereocenters. The molecule has 0 radical (unpaired) electrons. The fraction of sp³-hybridized carbons (Fsp3) is 0. The Bertz CT molecular complexity index is 649. The highest BCUT2D eigenvalue weighted by atomic mass is 35.5. The molecule has 0 saturated carbocycles. The van der Waals surface area contributed by atoms with Crippen LogP contribution in [0.1, 0.15) is 10.5 Å². The van der Waals surface area contributed by atoms with Crippen LogP contribution >= 0.6 is 23.2 Å². The highest BCUT2D eigenvalue weighted by molar-refractivity contribution is 6.34. The fourth-order valence-corrected chi connectivity index (χ4v) is 1.75. The second-order valence-corrected chi connectivity index (χ2v) is 4.49. The van der Waals surface area contributed by atoms with Crippen molar-refractivity contribution in [3.05, 3.63) is 51.9 Å². The number of carbonyl (C=O) groups excluding carboxylic acids is 1. The number of pyridine rings is 1. The van der Waals surface area contributed by atoms with E-state index in [2.05, 4.69) is 10.3 Å². The number of halogens is 3. The van der Waals surface area contributed by atoms with Crippen LogP contribution in [0, 0.1) is 5.82 Å². The first kappa shape index (κ1) is 13.6. The predicted molar refractivity (Wildman–Crippen MR) is 73.0 cm³/mol. The van der Waals surface area contributed by atoms with Crippen molar-refractivity contribution in [3.63, 3.8) is 0 Å². The lowest BCUT2D eigenvalue weighted by atomic mass is 10.2. The van der Waals surface area contributed by atoms with Crippen LogP contribution < -0.4 is 11.1 Å². The number of carbonyl (C=O) groups is 1. The lowest BCUT2D eigenvalue weighted by molar-refractivity contribution is 0.102. The molecule has 1 aromatic carbocycles. The molecule has 0 atom stereocenters. The third-order valence-corrected chi connectivity index (χ3v) is 2.80. The SMILES string of the molecule is Nc1ccc(Cl)c(C(=O)Nc2cc(Cl)ccc2F)n1. The van der Waals surface area contributed by atoms with Crippen molar-refractivity contribution in [1.29, 1.82) is 0 Å². The third kappa shape index (κ3) is 3.13. The number of nitrogens with two attached hydrogens (primary N) is 1.